The predicted octanol–water partition coefficient (Wildman–Crippen LogP) is 4.79. The number of rotatable bonds is 4. The summed E-state index contributed by atoms with van der Waals surface area (Å²) in [6.45, 7) is 5.68. The average Bonchev–Trinajstić information content (AvgIpc) is 3.43. The molecule has 7 heteroatoms. The fourth-order valence-electron chi connectivity index (χ4n) is 4.74. The van der Waals surface area contributed by atoms with E-state index in [0.29, 0.717) is 29.1 Å². The number of thiophene rings is 1. The second kappa shape index (κ2) is 8.13. The molecule has 1 aliphatic carbocycles. The molecule has 32 heavy (non-hydrogen) atoms. The molecule has 0 unspecified atom stereocenters. The van der Waals surface area contributed by atoms with Crippen molar-refractivity contribution in [2.75, 3.05) is 6.79 Å². The summed E-state index contributed by atoms with van der Waals surface area (Å²) in [7, 11) is 0. The Morgan fingerprint density at radius 2 is 2.00 bits per heavy atom. The maximum absolute atomic E-state index is 13.5. The molecule has 0 amide bonds. The van der Waals surface area contributed by atoms with E-state index >= 15 is 0 Å². The maximum Gasteiger partial charge on any atom is 0.337 e. The third-order valence-corrected chi connectivity index (χ3v) is 7.10. The van der Waals surface area contributed by atoms with E-state index < -0.39 is 11.9 Å². The molecule has 3 aliphatic rings. The fraction of sp³-hybridized carbons (Fsp3) is 0.360. The zero-order valence-corrected chi connectivity index (χ0v) is 19.1. The zero-order valence-electron chi connectivity index (χ0n) is 18.3. The standard InChI is InChI=1S/C25H25NO5S/c1-13(2)31-25(28)22-14(3)26-17-9-16(21-5-4-8-32-21)10-18(27)24(17)23(22)15-6-7-19-20(11-15)30-12-29-19/h4-8,11,13,16,23,26H,9-10,12H2,1-3H3/t16-,23-/m1/s1. The molecule has 1 N–H and O–H groups in total. The molecule has 5 rings (SSSR count). The molecular formula is C25H25NO5S. The lowest BCUT2D eigenvalue weighted by Gasteiger charge is -2.36. The van der Waals surface area contributed by atoms with Crippen molar-refractivity contribution in [1.82, 2.24) is 5.32 Å². The van der Waals surface area contributed by atoms with Crippen LogP contribution in [-0.4, -0.2) is 24.6 Å². The average molecular weight is 452 g/mol. The maximum atomic E-state index is 13.5. The fourth-order valence-corrected chi connectivity index (χ4v) is 5.57. The highest BCUT2D eigenvalue weighted by Gasteiger charge is 2.42. The van der Waals surface area contributed by atoms with Gasteiger partial charge >= 0.3 is 5.97 Å². The first-order valence-corrected chi connectivity index (χ1v) is 11.7. The van der Waals surface area contributed by atoms with Crippen LogP contribution >= 0.6 is 11.3 Å². The number of fused-ring (bicyclic) bond motifs is 1. The van der Waals surface area contributed by atoms with E-state index in [1.54, 1.807) is 11.3 Å². The normalized spacial score (nSPS) is 22.2. The van der Waals surface area contributed by atoms with Gasteiger partial charge < -0.3 is 19.5 Å². The summed E-state index contributed by atoms with van der Waals surface area (Å²) in [6.07, 6.45) is 0.890. The smallest absolute Gasteiger partial charge is 0.337 e. The van der Waals surface area contributed by atoms with Gasteiger partial charge in [0.15, 0.2) is 17.3 Å². The Morgan fingerprint density at radius 1 is 1.19 bits per heavy atom. The number of Topliss-reactive ketones (excluding diaryl/α,β-unsaturated/α-hetero) is 1. The van der Waals surface area contributed by atoms with Gasteiger partial charge in [0.1, 0.15) is 0 Å². The summed E-state index contributed by atoms with van der Waals surface area (Å²) >= 11 is 1.68. The molecule has 2 aromatic rings. The van der Waals surface area contributed by atoms with Crippen molar-refractivity contribution < 1.29 is 23.8 Å². The van der Waals surface area contributed by atoms with Gasteiger partial charge in [-0.2, -0.15) is 0 Å². The third kappa shape index (κ3) is 3.60. The Bertz CT molecular complexity index is 1150. The monoisotopic (exact) mass is 451 g/mol. The van der Waals surface area contributed by atoms with Crippen LogP contribution in [0.5, 0.6) is 11.5 Å². The Kier molecular flexibility index (Phi) is 5.29. The molecule has 0 saturated carbocycles. The lowest BCUT2D eigenvalue weighted by molar-refractivity contribution is -0.143. The highest BCUT2D eigenvalue weighted by Crippen LogP contribution is 2.47. The van der Waals surface area contributed by atoms with E-state index in [1.165, 1.54) is 4.88 Å². The molecule has 0 bridgehead atoms. The molecule has 166 valence electrons. The van der Waals surface area contributed by atoms with Crippen molar-refractivity contribution >= 4 is 23.1 Å². The van der Waals surface area contributed by atoms with Crippen molar-refractivity contribution in [3.8, 4) is 11.5 Å². The lowest BCUT2D eigenvalue weighted by Crippen LogP contribution is -2.36. The van der Waals surface area contributed by atoms with Crippen LogP contribution in [0.3, 0.4) is 0 Å². The number of allylic oxidation sites excluding steroid dienone is 3. The zero-order chi connectivity index (χ0) is 22.4. The van der Waals surface area contributed by atoms with Crippen molar-refractivity contribution in [3.05, 3.63) is 68.7 Å². The van der Waals surface area contributed by atoms with Gasteiger partial charge in [-0.1, -0.05) is 12.1 Å². The number of nitrogens with one attached hydrogen (secondary N) is 1. The minimum Gasteiger partial charge on any atom is -0.460 e. The van der Waals surface area contributed by atoms with E-state index in [-0.39, 0.29) is 24.6 Å². The molecule has 0 spiro atoms. The Balaban J connectivity index is 1.61. The van der Waals surface area contributed by atoms with Crippen LogP contribution in [0.2, 0.25) is 0 Å². The molecule has 0 saturated heterocycles. The van der Waals surface area contributed by atoms with Crippen LogP contribution < -0.4 is 14.8 Å². The number of benzene rings is 1. The summed E-state index contributed by atoms with van der Waals surface area (Å²) in [5.41, 5.74) is 3.55. The van der Waals surface area contributed by atoms with Crippen LogP contribution in [0.4, 0.5) is 0 Å². The number of ether oxygens (including phenoxy) is 3. The minimum absolute atomic E-state index is 0.0576. The van der Waals surface area contributed by atoms with Crippen LogP contribution in [-0.2, 0) is 14.3 Å². The van der Waals surface area contributed by atoms with E-state index in [1.807, 2.05) is 50.4 Å². The van der Waals surface area contributed by atoms with E-state index in [4.69, 9.17) is 14.2 Å². The molecule has 2 atom stereocenters. The van der Waals surface area contributed by atoms with Crippen molar-refractivity contribution in [1.29, 1.82) is 0 Å². The molecule has 3 heterocycles. The summed E-state index contributed by atoms with van der Waals surface area (Å²) in [4.78, 5) is 27.9. The van der Waals surface area contributed by atoms with Crippen molar-refractivity contribution in [2.24, 2.45) is 0 Å². The van der Waals surface area contributed by atoms with E-state index in [2.05, 4.69) is 11.4 Å². The van der Waals surface area contributed by atoms with E-state index in [0.717, 1.165) is 23.4 Å². The van der Waals surface area contributed by atoms with Crippen LogP contribution in [0.15, 0.2) is 58.3 Å². The summed E-state index contributed by atoms with van der Waals surface area (Å²) < 4.78 is 16.6. The molecule has 2 aliphatic heterocycles. The topological polar surface area (TPSA) is 73.9 Å². The summed E-state index contributed by atoms with van der Waals surface area (Å²) in [5, 5.41) is 5.42. The Labute approximate surface area is 190 Å². The summed E-state index contributed by atoms with van der Waals surface area (Å²) in [6, 6.07) is 9.71. The van der Waals surface area contributed by atoms with Gasteiger partial charge in [0.25, 0.3) is 0 Å². The summed E-state index contributed by atoms with van der Waals surface area (Å²) in [5.74, 6) is 0.565. The third-order valence-electron chi connectivity index (χ3n) is 6.07. The second-order valence-corrected chi connectivity index (χ2v) is 9.58. The molecular weight excluding hydrogens is 426 g/mol. The first-order valence-electron chi connectivity index (χ1n) is 10.8. The number of ketones is 1. The van der Waals surface area contributed by atoms with Crippen molar-refractivity contribution in [3.63, 3.8) is 0 Å². The van der Waals surface area contributed by atoms with Gasteiger partial charge in [-0.15, -0.1) is 11.3 Å². The Hall–Kier alpha value is -3.06. The first kappa shape index (κ1) is 20.8. The molecule has 1 aromatic heterocycles. The van der Waals surface area contributed by atoms with Crippen LogP contribution in [0, 0.1) is 0 Å². The Morgan fingerprint density at radius 3 is 2.75 bits per heavy atom. The van der Waals surface area contributed by atoms with Crippen LogP contribution in [0.25, 0.3) is 0 Å². The highest BCUT2D eigenvalue weighted by atomic mass is 32.1. The van der Waals surface area contributed by atoms with Gasteiger partial charge in [-0.3, -0.25) is 4.79 Å². The number of hydrogen-bond donors (Lipinski definition) is 1. The predicted molar refractivity (Wildman–Crippen MR) is 121 cm³/mol. The van der Waals surface area contributed by atoms with Gasteiger partial charge in [0.2, 0.25) is 6.79 Å². The number of carbonyl (C=O) groups excluding carboxylic acids is 2. The molecule has 6 nitrogen and oxygen atoms in total. The number of dihydropyridines is 1. The SMILES string of the molecule is CC1=C(C(=O)OC(C)C)[C@@H](c2ccc3c(c2)OCO3)C2=C(C[C@@H](c3cccs3)CC2=O)N1. The molecule has 0 radical (unpaired) electrons. The number of carbonyl (C=O) groups is 2. The second-order valence-electron chi connectivity index (χ2n) is 8.60. The first-order chi connectivity index (χ1) is 15.4. The largest absolute Gasteiger partial charge is 0.460 e. The minimum atomic E-state index is -0.510. The quantitative estimate of drug-likeness (QED) is 0.674. The molecule has 1 aromatic carbocycles. The number of hydrogen-bond acceptors (Lipinski definition) is 7. The molecule has 0 fully saturated rings. The van der Waals surface area contributed by atoms with Gasteiger partial charge in [0, 0.05) is 40.1 Å². The van der Waals surface area contributed by atoms with Crippen LogP contribution in [0.1, 0.15) is 55.9 Å². The number of esters is 1. The van der Waals surface area contributed by atoms with Gasteiger partial charge in [-0.25, -0.2) is 4.79 Å². The highest BCUT2D eigenvalue weighted by molar-refractivity contribution is 7.10. The van der Waals surface area contributed by atoms with Gasteiger partial charge in [0.05, 0.1) is 11.7 Å². The van der Waals surface area contributed by atoms with Gasteiger partial charge in [-0.05, 0) is 56.3 Å². The van der Waals surface area contributed by atoms with Crippen molar-refractivity contribution in [2.45, 2.75) is 51.6 Å². The van der Waals surface area contributed by atoms with E-state index in [9.17, 15) is 9.59 Å². The lowest BCUT2D eigenvalue weighted by atomic mass is 9.72.